The zero-order valence-corrected chi connectivity index (χ0v) is 12.8. The van der Waals surface area contributed by atoms with Crippen LogP contribution >= 0.6 is 0 Å². The van der Waals surface area contributed by atoms with Crippen molar-refractivity contribution in [2.75, 3.05) is 39.4 Å². The van der Waals surface area contributed by atoms with Gasteiger partial charge in [0, 0.05) is 39.4 Å². The lowest BCUT2D eigenvalue weighted by Gasteiger charge is -2.42. The van der Waals surface area contributed by atoms with E-state index in [1.807, 2.05) is 0 Å². The molecular weight excluding hydrogens is 232 g/mol. The van der Waals surface area contributed by atoms with Crippen molar-refractivity contribution >= 4 is 8.56 Å². The lowest BCUT2D eigenvalue weighted by atomic mass is 10.3. The molecule has 1 aliphatic rings. The lowest BCUT2D eigenvalue weighted by molar-refractivity contribution is 0.121. The molecule has 1 fully saturated rings. The highest BCUT2D eigenvalue weighted by Gasteiger charge is 2.43. The fourth-order valence-corrected chi connectivity index (χ4v) is 6.04. The van der Waals surface area contributed by atoms with Gasteiger partial charge in [0.05, 0.1) is 5.67 Å². The van der Waals surface area contributed by atoms with Crippen molar-refractivity contribution in [3.63, 3.8) is 0 Å². The molecule has 0 amide bonds. The summed E-state index contributed by atoms with van der Waals surface area (Å²) in [4.78, 5) is 2.55. The largest absolute Gasteiger partial charge is 0.394 e. The highest BCUT2D eigenvalue weighted by atomic mass is 28.4. The van der Waals surface area contributed by atoms with E-state index in [-0.39, 0.29) is 0 Å². The van der Waals surface area contributed by atoms with Crippen LogP contribution in [0.25, 0.3) is 0 Å². The van der Waals surface area contributed by atoms with Crippen molar-refractivity contribution in [1.29, 1.82) is 0 Å². The molecule has 5 heteroatoms. The maximum absolute atomic E-state index is 6.03. The summed E-state index contributed by atoms with van der Waals surface area (Å²) in [6.07, 6.45) is 1.11. The van der Waals surface area contributed by atoms with E-state index in [9.17, 15) is 0 Å². The molecule has 17 heavy (non-hydrogen) atoms. The molecule has 0 spiro atoms. The Kier molecular flexibility index (Phi) is 6.65. The summed E-state index contributed by atoms with van der Waals surface area (Å²) in [5, 5.41) is 3.40. The number of hydrogen-bond acceptors (Lipinski definition) is 4. The average molecular weight is 260 g/mol. The van der Waals surface area contributed by atoms with Gasteiger partial charge in [-0.15, -0.1) is 0 Å². The van der Waals surface area contributed by atoms with Crippen LogP contribution in [-0.4, -0.2) is 58.5 Å². The second-order valence-electron chi connectivity index (χ2n) is 4.59. The van der Waals surface area contributed by atoms with Crippen LogP contribution in [0.15, 0.2) is 0 Å². The Morgan fingerprint density at radius 3 is 2.06 bits per heavy atom. The zero-order chi connectivity index (χ0) is 12.7. The summed E-state index contributed by atoms with van der Waals surface area (Å²) in [5.41, 5.74) is 0.476. The number of rotatable bonds is 7. The minimum atomic E-state index is -2.07. The van der Waals surface area contributed by atoms with Gasteiger partial charge in [-0.05, 0) is 26.8 Å². The van der Waals surface area contributed by atoms with E-state index in [0.717, 1.165) is 45.8 Å². The van der Waals surface area contributed by atoms with Crippen LogP contribution in [-0.2, 0) is 8.85 Å². The SMILES string of the molecule is CCO[Si](C)(OCC)C(CC)N1CCNCC1. The lowest BCUT2D eigenvalue weighted by Crippen LogP contribution is -2.62. The van der Waals surface area contributed by atoms with Crippen LogP contribution in [0.4, 0.5) is 0 Å². The minimum Gasteiger partial charge on any atom is -0.394 e. The Morgan fingerprint density at radius 2 is 1.65 bits per heavy atom. The standard InChI is InChI=1S/C12H28N2O2Si/c1-5-12(14-10-8-13-9-11-14)17(4,15-6-2)16-7-3/h12-13H,5-11H2,1-4H3. The topological polar surface area (TPSA) is 33.7 Å². The van der Waals surface area contributed by atoms with E-state index in [1.165, 1.54) is 0 Å². The van der Waals surface area contributed by atoms with Crippen molar-refractivity contribution < 1.29 is 8.85 Å². The molecule has 1 atom stereocenters. The Bertz CT molecular complexity index is 205. The zero-order valence-electron chi connectivity index (χ0n) is 11.8. The molecule has 4 nitrogen and oxygen atoms in total. The van der Waals surface area contributed by atoms with E-state index in [2.05, 4.69) is 37.5 Å². The third-order valence-corrected chi connectivity index (χ3v) is 7.15. The number of piperazine rings is 1. The van der Waals surface area contributed by atoms with Crippen molar-refractivity contribution in [1.82, 2.24) is 10.2 Å². The molecule has 1 saturated heterocycles. The summed E-state index contributed by atoms with van der Waals surface area (Å²) in [6.45, 7) is 14.5. The van der Waals surface area contributed by atoms with Gasteiger partial charge in [-0.3, -0.25) is 4.90 Å². The van der Waals surface area contributed by atoms with Crippen LogP contribution in [0.3, 0.4) is 0 Å². The molecule has 0 saturated carbocycles. The van der Waals surface area contributed by atoms with Crippen LogP contribution in [0.5, 0.6) is 0 Å². The fraction of sp³-hybridized carbons (Fsp3) is 1.00. The van der Waals surface area contributed by atoms with E-state index in [4.69, 9.17) is 8.85 Å². The van der Waals surface area contributed by atoms with Gasteiger partial charge in [0.15, 0.2) is 0 Å². The van der Waals surface area contributed by atoms with Gasteiger partial charge < -0.3 is 14.2 Å². The molecule has 0 aromatic carbocycles. The maximum Gasteiger partial charge on any atom is 0.352 e. The number of nitrogens with one attached hydrogen (secondary N) is 1. The second-order valence-corrected chi connectivity index (χ2v) is 7.87. The van der Waals surface area contributed by atoms with Crippen LogP contribution in [0, 0.1) is 0 Å². The molecule has 1 N–H and O–H groups in total. The first kappa shape index (κ1) is 15.1. The predicted octanol–water partition coefficient (Wildman–Crippen LogP) is 1.35. The third kappa shape index (κ3) is 4.03. The second kappa shape index (κ2) is 7.48. The van der Waals surface area contributed by atoms with Gasteiger partial charge in [-0.25, -0.2) is 0 Å². The first-order valence-corrected chi connectivity index (χ1v) is 9.30. The molecule has 1 rings (SSSR count). The van der Waals surface area contributed by atoms with Gasteiger partial charge in [-0.2, -0.15) is 0 Å². The first-order valence-electron chi connectivity index (χ1n) is 6.90. The summed E-state index contributed by atoms with van der Waals surface area (Å²) in [6, 6.07) is 0. The Hall–Kier alpha value is 0.0569. The van der Waals surface area contributed by atoms with E-state index < -0.39 is 8.56 Å². The summed E-state index contributed by atoms with van der Waals surface area (Å²) < 4.78 is 12.1. The number of hydrogen-bond donors (Lipinski definition) is 1. The fourth-order valence-electron chi connectivity index (χ4n) is 2.76. The summed E-state index contributed by atoms with van der Waals surface area (Å²) >= 11 is 0. The molecular formula is C12H28N2O2Si. The van der Waals surface area contributed by atoms with Crippen LogP contribution in [0.2, 0.25) is 6.55 Å². The first-order chi connectivity index (χ1) is 8.18. The molecule has 102 valence electrons. The van der Waals surface area contributed by atoms with Gasteiger partial charge in [0.1, 0.15) is 0 Å². The van der Waals surface area contributed by atoms with Crippen molar-refractivity contribution in [3.8, 4) is 0 Å². The molecule has 0 aromatic rings. The van der Waals surface area contributed by atoms with Crippen molar-refractivity contribution in [2.45, 2.75) is 39.4 Å². The van der Waals surface area contributed by atoms with Crippen LogP contribution < -0.4 is 5.32 Å². The molecule has 1 heterocycles. The smallest absolute Gasteiger partial charge is 0.352 e. The Morgan fingerprint density at radius 1 is 1.12 bits per heavy atom. The number of nitrogens with zero attached hydrogens (tertiary/aromatic N) is 1. The maximum atomic E-state index is 6.03. The predicted molar refractivity (Wildman–Crippen MR) is 73.4 cm³/mol. The minimum absolute atomic E-state index is 0.476. The molecule has 1 unspecified atom stereocenters. The van der Waals surface area contributed by atoms with E-state index >= 15 is 0 Å². The third-order valence-electron chi connectivity index (χ3n) is 3.45. The highest BCUT2D eigenvalue weighted by Crippen LogP contribution is 2.21. The molecule has 0 bridgehead atoms. The van der Waals surface area contributed by atoms with Gasteiger partial charge >= 0.3 is 8.56 Å². The van der Waals surface area contributed by atoms with Gasteiger partial charge in [-0.1, -0.05) is 6.92 Å². The highest BCUT2D eigenvalue weighted by molar-refractivity contribution is 6.67. The Balaban J connectivity index is 2.71. The monoisotopic (exact) mass is 260 g/mol. The quantitative estimate of drug-likeness (QED) is 0.701. The summed E-state index contributed by atoms with van der Waals surface area (Å²) in [5.74, 6) is 0. The van der Waals surface area contributed by atoms with Gasteiger partial charge in [0.25, 0.3) is 0 Å². The summed E-state index contributed by atoms with van der Waals surface area (Å²) in [7, 11) is -2.07. The molecule has 0 aromatic heterocycles. The van der Waals surface area contributed by atoms with Crippen molar-refractivity contribution in [2.24, 2.45) is 0 Å². The van der Waals surface area contributed by atoms with Gasteiger partial charge in [0.2, 0.25) is 0 Å². The normalized spacial score (nSPS) is 20.5. The average Bonchev–Trinajstić information content (AvgIpc) is 2.31. The van der Waals surface area contributed by atoms with E-state index in [1.54, 1.807) is 0 Å². The molecule has 0 radical (unpaired) electrons. The Labute approximate surface area is 107 Å². The molecule has 0 aliphatic carbocycles. The molecule has 1 aliphatic heterocycles. The van der Waals surface area contributed by atoms with E-state index in [0.29, 0.717) is 5.67 Å². The van der Waals surface area contributed by atoms with Crippen molar-refractivity contribution in [3.05, 3.63) is 0 Å². The van der Waals surface area contributed by atoms with Crippen LogP contribution in [0.1, 0.15) is 27.2 Å².